The number of ether oxygens (including phenoxy) is 2. The molecule has 1 aliphatic carbocycles. The number of nitrogens with one attached hydrogen (secondary N) is 2. The molecule has 1 aromatic rings. The normalized spacial score (nSPS) is 15.4. The van der Waals surface area contributed by atoms with Crippen molar-refractivity contribution in [1.82, 2.24) is 10.6 Å². The highest BCUT2D eigenvalue weighted by molar-refractivity contribution is 14.0. The van der Waals surface area contributed by atoms with Gasteiger partial charge in [0.15, 0.2) is 5.96 Å². The molecule has 30 heavy (non-hydrogen) atoms. The van der Waals surface area contributed by atoms with Crippen LogP contribution in [0.1, 0.15) is 30.9 Å². The second kappa shape index (κ2) is 14.0. The fourth-order valence-electron chi connectivity index (χ4n) is 2.47. The van der Waals surface area contributed by atoms with Crippen molar-refractivity contribution in [2.75, 3.05) is 32.9 Å². The van der Waals surface area contributed by atoms with Gasteiger partial charge in [-0.05, 0) is 36.8 Å². The van der Waals surface area contributed by atoms with Gasteiger partial charge in [-0.2, -0.15) is 13.2 Å². The SMILES string of the molecule is CCNC(=NCc1ccc(COCC(F)(F)F)cc1)NCC(O)COCC1CC1.I. The molecule has 172 valence electrons. The summed E-state index contributed by atoms with van der Waals surface area (Å²) in [4.78, 5) is 4.46. The molecule has 10 heteroatoms. The molecule has 0 saturated heterocycles. The van der Waals surface area contributed by atoms with E-state index in [4.69, 9.17) is 4.74 Å². The van der Waals surface area contributed by atoms with Crippen LogP contribution in [0.2, 0.25) is 0 Å². The molecule has 3 N–H and O–H groups in total. The zero-order valence-corrected chi connectivity index (χ0v) is 19.4. The first-order valence-corrected chi connectivity index (χ1v) is 9.86. The summed E-state index contributed by atoms with van der Waals surface area (Å²) in [6.07, 6.45) is -2.50. The first kappa shape index (κ1) is 26.9. The quantitative estimate of drug-likeness (QED) is 0.214. The van der Waals surface area contributed by atoms with Crippen LogP contribution in [-0.2, 0) is 22.6 Å². The average molecular weight is 545 g/mol. The van der Waals surface area contributed by atoms with Crippen LogP contribution in [0.4, 0.5) is 13.2 Å². The van der Waals surface area contributed by atoms with Crippen molar-refractivity contribution < 1.29 is 27.8 Å². The van der Waals surface area contributed by atoms with Gasteiger partial charge in [0.25, 0.3) is 0 Å². The standard InChI is InChI=1S/C20H30F3N3O3.HI/c1-2-24-19(26-10-18(27)13-28-11-16-7-8-16)25-9-15-3-5-17(6-4-15)12-29-14-20(21,22)23;/h3-6,16,18,27H,2,7-14H2,1H3,(H2,24,25,26);1H. The van der Waals surface area contributed by atoms with Crippen LogP contribution < -0.4 is 10.6 Å². The van der Waals surface area contributed by atoms with Crippen molar-refractivity contribution in [2.45, 2.75) is 45.2 Å². The Kier molecular flexibility index (Phi) is 12.6. The molecule has 1 fully saturated rings. The Balaban J connectivity index is 0.00000450. The summed E-state index contributed by atoms with van der Waals surface area (Å²) in [5.41, 5.74) is 1.58. The molecule has 1 aliphatic rings. The first-order valence-electron chi connectivity index (χ1n) is 9.86. The Bertz CT molecular complexity index is 626. The number of aliphatic imine (C=N–C) groups is 1. The van der Waals surface area contributed by atoms with Crippen LogP contribution in [0, 0.1) is 5.92 Å². The Morgan fingerprint density at radius 3 is 2.43 bits per heavy atom. The number of rotatable bonds is 12. The van der Waals surface area contributed by atoms with Gasteiger partial charge in [0, 0.05) is 19.7 Å². The van der Waals surface area contributed by atoms with Gasteiger partial charge in [0.05, 0.1) is 25.9 Å². The molecule has 0 radical (unpaired) electrons. The largest absolute Gasteiger partial charge is 0.411 e. The topological polar surface area (TPSA) is 75.1 Å². The lowest BCUT2D eigenvalue weighted by molar-refractivity contribution is -0.176. The Hall–Kier alpha value is -1.11. The van der Waals surface area contributed by atoms with E-state index in [9.17, 15) is 18.3 Å². The molecule has 0 heterocycles. The minimum absolute atomic E-state index is 0. The molecule has 1 atom stereocenters. The van der Waals surface area contributed by atoms with Crippen LogP contribution >= 0.6 is 24.0 Å². The molecule has 1 unspecified atom stereocenters. The smallest absolute Gasteiger partial charge is 0.389 e. The predicted octanol–water partition coefficient (Wildman–Crippen LogP) is 3.23. The fraction of sp³-hybridized carbons (Fsp3) is 0.650. The van der Waals surface area contributed by atoms with Gasteiger partial charge in [-0.1, -0.05) is 24.3 Å². The lowest BCUT2D eigenvalue weighted by atomic mass is 10.1. The van der Waals surface area contributed by atoms with Gasteiger partial charge < -0.3 is 25.2 Å². The van der Waals surface area contributed by atoms with Crippen LogP contribution in [0.15, 0.2) is 29.3 Å². The number of benzene rings is 1. The molecular weight excluding hydrogens is 514 g/mol. The number of aliphatic hydroxyl groups is 1. The summed E-state index contributed by atoms with van der Waals surface area (Å²) >= 11 is 0. The van der Waals surface area contributed by atoms with Crippen LogP contribution in [0.25, 0.3) is 0 Å². The van der Waals surface area contributed by atoms with Gasteiger partial charge in [-0.25, -0.2) is 4.99 Å². The van der Waals surface area contributed by atoms with Gasteiger partial charge in [0.1, 0.15) is 6.61 Å². The second-order valence-corrected chi connectivity index (χ2v) is 7.14. The molecule has 0 aliphatic heterocycles. The van der Waals surface area contributed by atoms with E-state index in [0.717, 1.165) is 5.56 Å². The lowest BCUT2D eigenvalue weighted by Crippen LogP contribution is -2.42. The van der Waals surface area contributed by atoms with Crippen molar-refractivity contribution in [3.63, 3.8) is 0 Å². The Morgan fingerprint density at radius 1 is 1.17 bits per heavy atom. The van der Waals surface area contributed by atoms with Crippen LogP contribution in [-0.4, -0.2) is 56.3 Å². The zero-order chi connectivity index (χ0) is 21.1. The van der Waals surface area contributed by atoms with E-state index in [1.165, 1.54) is 12.8 Å². The van der Waals surface area contributed by atoms with Crippen molar-refractivity contribution in [2.24, 2.45) is 10.9 Å². The van der Waals surface area contributed by atoms with E-state index in [1.54, 1.807) is 24.3 Å². The number of hydrogen-bond acceptors (Lipinski definition) is 4. The van der Waals surface area contributed by atoms with Crippen molar-refractivity contribution >= 4 is 29.9 Å². The third kappa shape index (κ3) is 12.6. The minimum atomic E-state index is -4.32. The molecule has 0 spiro atoms. The maximum Gasteiger partial charge on any atom is 0.411 e. The van der Waals surface area contributed by atoms with Crippen molar-refractivity contribution in [3.05, 3.63) is 35.4 Å². The van der Waals surface area contributed by atoms with Crippen LogP contribution in [0.5, 0.6) is 0 Å². The van der Waals surface area contributed by atoms with E-state index in [-0.39, 0.29) is 30.6 Å². The van der Waals surface area contributed by atoms with Gasteiger partial charge in [-0.15, -0.1) is 24.0 Å². The third-order valence-electron chi connectivity index (χ3n) is 4.19. The lowest BCUT2D eigenvalue weighted by Gasteiger charge is -2.15. The highest BCUT2D eigenvalue weighted by Crippen LogP contribution is 2.28. The average Bonchev–Trinajstić information content (AvgIpc) is 3.48. The highest BCUT2D eigenvalue weighted by Gasteiger charge is 2.27. The molecule has 0 bridgehead atoms. The van der Waals surface area contributed by atoms with E-state index in [0.29, 0.717) is 50.3 Å². The number of guanidine groups is 1. The van der Waals surface area contributed by atoms with Crippen molar-refractivity contribution in [3.8, 4) is 0 Å². The maximum absolute atomic E-state index is 12.1. The summed E-state index contributed by atoms with van der Waals surface area (Å²) < 4.78 is 46.4. The highest BCUT2D eigenvalue weighted by atomic mass is 127. The molecule has 1 saturated carbocycles. The maximum atomic E-state index is 12.1. The second-order valence-electron chi connectivity index (χ2n) is 7.14. The minimum Gasteiger partial charge on any atom is -0.389 e. The molecule has 0 amide bonds. The summed E-state index contributed by atoms with van der Waals surface area (Å²) in [5.74, 6) is 1.24. The van der Waals surface area contributed by atoms with Crippen molar-refractivity contribution in [1.29, 1.82) is 0 Å². The van der Waals surface area contributed by atoms with E-state index in [2.05, 4.69) is 20.4 Å². The van der Waals surface area contributed by atoms with Gasteiger partial charge >= 0.3 is 6.18 Å². The third-order valence-corrected chi connectivity index (χ3v) is 4.19. The van der Waals surface area contributed by atoms with Gasteiger partial charge in [0.2, 0.25) is 0 Å². The number of alkyl halides is 3. The monoisotopic (exact) mass is 545 g/mol. The number of nitrogens with zero attached hydrogens (tertiary/aromatic N) is 1. The van der Waals surface area contributed by atoms with E-state index in [1.807, 2.05) is 6.92 Å². The summed E-state index contributed by atoms with van der Waals surface area (Å²) in [6.45, 7) is 3.00. The van der Waals surface area contributed by atoms with E-state index >= 15 is 0 Å². The fourth-order valence-corrected chi connectivity index (χ4v) is 2.47. The van der Waals surface area contributed by atoms with E-state index < -0.39 is 18.9 Å². The number of aliphatic hydroxyl groups excluding tert-OH is 1. The molecular formula is C20H31F3IN3O3. The summed E-state index contributed by atoms with van der Waals surface area (Å²) in [7, 11) is 0. The van der Waals surface area contributed by atoms with Gasteiger partial charge in [-0.3, -0.25) is 0 Å². The number of halogens is 4. The Labute approximate surface area is 192 Å². The molecule has 6 nitrogen and oxygen atoms in total. The Morgan fingerprint density at radius 2 is 1.83 bits per heavy atom. The first-order chi connectivity index (χ1) is 13.9. The molecule has 0 aromatic heterocycles. The van der Waals surface area contributed by atoms with Crippen LogP contribution in [0.3, 0.4) is 0 Å². The number of hydrogen-bond donors (Lipinski definition) is 3. The summed E-state index contributed by atoms with van der Waals surface area (Å²) in [5, 5.41) is 16.2. The predicted molar refractivity (Wildman–Crippen MR) is 120 cm³/mol. The molecule has 2 rings (SSSR count). The molecule has 1 aromatic carbocycles. The zero-order valence-electron chi connectivity index (χ0n) is 17.1. The summed E-state index contributed by atoms with van der Waals surface area (Å²) in [6, 6.07) is 7.06.